The van der Waals surface area contributed by atoms with E-state index in [1.165, 1.54) is 4.90 Å². The van der Waals surface area contributed by atoms with Crippen molar-refractivity contribution in [1.29, 1.82) is 0 Å². The maximum Gasteiger partial charge on any atom is 0.326 e. The van der Waals surface area contributed by atoms with E-state index in [9.17, 15) is 33.9 Å². The first-order valence-corrected chi connectivity index (χ1v) is 11.3. The van der Waals surface area contributed by atoms with Crippen LogP contribution < -0.4 is 16.0 Å². The van der Waals surface area contributed by atoms with Crippen LogP contribution in [0.15, 0.2) is 24.4 Å². The zero-order valence-corrected chi connectivity index (χ0v) is 23.1. The molecule has 2 atom stereocenters. The average molecular weight is 712 g/mol. The molecule has 15 nitrogen and oxygen atoms in total. The maximum atomic E-state index is 12.2. The van der Waals surface area contributed by atoms with Crippen LogP contribution in [-0.4, -0.2) is 97.8 Å². The van der Waals surface area contributed by atoms with E-state index < -0.39 is 54.3 Å². The zero-order valence-electron chi connectivity index (χ0n) is 20.3. The van der Waals surface area contributed by atoms with Gasteiger partial charge in [0.25, 0.3) is 0 Å². The van der Waals surface area contributed by atoms with Gasteiger partial charge in [-0.05, 0) is 37.8 Å². The molecule has 0 aliphatic carbocycles. The summed E-state index contributed by atoms with van der Waals surface area (Å²) in [6.45, 7) is -0.211. The molecule has 0 aliphatic rings. The van der Waals surface area contributed by atoms with Gasteiger partial charge in [-0.1, -0.05) is 6.07 Å². The minimum absolute atomic E-state index is 0. The van der Waals surface area contributed by atoms with Gasteiger partial charge < -0.3 is 36.4 Å². The Bertz CT molecular complexity index is 950. The molecule has 16 heteroatoms. The maximum absolute atomic E-state index is 12.2. The number of carbonyl (C=O) groups is 6. The number of hydrogen-bond donors (Lipinski definition) is 7. The monoisotopic (exact) mass is 712 g/mol. The summed E-state index contributed by atoms with van der Waals surface area (Å²) in [5.41, 5.74) is 0.601. The summed E-state index contributed by atoms with van der Waals surface area (Å²) in [6, 6.07) is 1.26. The number of aliphatic carboxylic acids is 4. The van der Waals surface area contributed by atoms with Gasteiger partial charge in [0, 0.05) is 46.1 Å². The summed E-state index contributed by atoms with van der Waals surface area (Å²) in [5.74, 6) is -5.58. The molecular weight excluding hydrogens is 680 g/mol. The molecule has 0 aromatic carbocycles. The first-order chi connectivity index (χ1) is 17.5. The average Bonchev–Trinajstić information content (AvgIpc) is 2.80. The largest absolute Gasteiger partial charge is 0.481 e. The topological polar surface area (TPSA) is 236 Å². The fourth-order valence-corrected chi connectivity index (χ4v) is 3.18. The van der Waals surface area contributed by atoms with Gasteiger partial charge in [0.2, 0.25) is 5.91 Å². The van der Waals surface area contributed by atoms with Gasteiger partial charge in [0.05, 0.1) is 18.8 Å². The second kappa shape index (κ2) is 18.6. The minimum Gasteiger partial charge on any atom is -0.481 e. The molecule has 3 amide bonds. The van der Waals surface area contributed by atoms with Crippen molar-refractivity contribution in [3.63, 3.8) is 0 Å². The predicted molar refractivity (Wildman–Crippen MR) is 125 cm³/mol. The third-order valence-corrected chi connectivity index (χ3v) is 4.93. The molecule has 1 radical (unpaired) electrons. The van der Waals surface area contributed by atoms with Crippen LogP contribution >= 0.6 is 0 Å². The second-order valence-corrected chi connectivity index (χ2v) is 8.04. The van der Waals surface area contributed by atoms with E-state index in [0.29, 0.717) is 12.1 Å². The molecule has 38 heavy (non-hydrogen) atoms. The summed E-state index contributed by atoms with van der Waals surface area (Å²) in [4.78, 5) is 74.0. The number of pyridine rings is 1. The summed E-state index contributed by atoms with van der Waals surface area (Å²) in [5, 5.41) is 42.9. The van der Waals surface area contributed by atoms with Crippen LogP contribution in [0.4, 0.5) is 4.79 Å². The number of hydrogen-bond acceptors (Lipinski definition) is 8. The number of nitrogens with zero attached hydrogens (tertiary/aromatic N) is 2. The van der Waals surface area contributed by atoms with Crippen molar-refractivity contribution >= 4 is 35.8 Å². The van der Waals surface area contributed by atoms with Crippen molar-refractivity contribution < 1.29 is 69.6 Å². The number of nitrogens with one attached hydrogen (secondary N) is 3. The fourth-order valence-electron chi connectivity index (χ4n) is 3.18. The van der Waals surface area contributed by atoms with E-state index in [4.69, 9.17) is 15.3 Å². The summed E-state index contributed by atoms with van der Waals surface area (Å²) >= 11 is 0. The van der Waals surface area contributed by atoms with Gasteiger partial charge in [-0.25, -0.2) is 14.4 Å². The normalized spacial score (nSPS) is 11.9. The smallest absolute Gasteiger partial charge is 0.326 e. The van der Waals surface area contributed by atoms with E-state index in [1.807, 2.05) is 5.32 Å². The van der Waals surface area contributed by atoms with E-state index in [0.717, 1.165) is 0 Å². The van der Waals surface area contributed by atoms with Crippen LogP contribution in [0.1, 0.15) is 37.8 Å². The number of carboxylic acid groups (broad SMARTS) is 4. The molecule has 0 aliphatic heterocycles. The van der Waals surface area contributed by atoms with E-state index >= 15 is 0 Å². The van der Waals surface area contributed by atoms with Gasteiger partial charge >= 0.3 is 29.9 Å². The Balaban J connectivity index is 0.0000137. The Kier molecular flexibility index (Phi) is 16.8. The molecule has 1 rings (SSSR count). The fraction of sp³-hybridized carbons (Fsp3) is 0.500. The van der Waals surface area contributed by atoms with Crippen LogP contribution in [0.5, 0.6) is 0 Å². The van der Waals surface area contributed by atoms with Gasteiger partial charge in [0.15, 0.2) is 0 Å². The Morgan fingerprint density at radius 3 is 2.00 bits per heavy atom. The number of amides is 3. The molecular formula is C22H31N5O10Re. The molecule has 1 heterocycles. The molecule has 211 valence electrons. The zero-order chi connectivity index (χ0) is 27.8. The molecule has 0 bridgehead atoms. The standard InChI is InChI=1S/C22H31N5O10.Re/c28-17(12-27(13-19(31)32)11-14-5-1-3-9-23-14)24-10-4-2-6-15(20(33)34)25-22(37)26-16(21(35)36)7-8-18(29)30;/h1,3,5,9,15-16H,2,4,6-8,10-13H2,(H,24,28)(H,29,30)(H,31,32)(H,33,34)(H,35,36)(H2,25,26,37);/t15-,16-;/m0./s1. The van der Waals surface area contributed by atoms with E-state index in [-0.39, 0.29) is 65.9 Å². The first kappa shape index (κ1) is 34.4. The van der Waals surface area contributed by atoms with Crippen molar-refractivity contribution in [2.24, 2.45) is 0 Å². The quantitative estimate of drug-likeness (QED) is 0.0939. The summed E-state index contributed by atoms with van der Waals surface area (Å²) < 4.78 is 0. The van der Waals surface area contributed by atoms with Crippen LogP contribution in [0.2, 0.25) is 0 Å². The molecule has 0 saturated carbocycles. The van der Waals surface area contributed by atoms with Crippen molar-refractivity contribution in [1.82, 2.24) is 25.8 Å². The Labute approximate surface area is 231 Å². The van der Waals surface area contributed by atoms with Gasteiger partial charge in [0.1, 0.15) is 12.1 Å². The third-order valence-electron chi connectivity index (χ3n) is 4.93. The van der Waals surface area contributed by atoms with Crippen LogP contribution in [0.25, 0.3) is 0 Å². The van der Waals surface area contributed by atoms with Crippen LogP contribution in [0.3, 0.4) is 0 Å². The molecule has 0 unspecified atom stereocenters. The summed E-state index contributed by atoms with van der Waals surface area (Å²) in [7, 11) is 0. The minimum atomic E-state index is -1.50. The van der Waals surface area contributed by atoms with Crippen molar-refractivity contribution in [3.8, 4) is 0 Å². The molecule has 0 spiro atoms. The van der Waals surface area contributed by atoms with E-state index in [2.05, 4.69) is 15.6 Å². The van der Waals surface area contributed by atoms with Gasteiger partial charge in [-0.15, -0.1) is 0 Å². The van der Waals surface area contributed by atoms with Crippen molar-refractivity contribution in [3.05, 3.63) is 30.1 Å². The van der Waals surface area contributed by atoms with Gasteiger partial charge in [-0.2, -0.15) is 0 Å². The number of carboxylic acids is 4. The number of rotatable bonds is 18. The number of urea groups is 1. The third kappa shape index (κ3) is 15.5. The second-order valence-electron chi connectivity index (χ2n) is 8.04. The van der Waals surface area contributed by atoms with E-state index in [1.54, 1.807) is 24.4 Å². The summed E-state index contributed by atoms with van der Waals surface area (Å²) in [6.07, 6.45) is 1.31. The number of carbonyl (C=O) groups excluding carboxylic acids is 2. The molecule has 1 aromatic rings. The Hall–Kier alpha value is -3.61. The van der Waals surface area contributed by atoms with Crippen molar-refractivity contribution in [2.45, 2.75) is 50.7 Å². The van der Waals surface area contributed by atoms with Crippen molar-refractivity contribution in [2.75, 3.05) is 19.6 Å². The Morgan fingerprint density at radius 2 is 1.47 bits per heavy atom. The van der Waals surface area contributed by atoms with Crippen LogP contribution in [-0.2, 0) is 50.9 Å². The molecule has 0 fully saturated rings. The van der Waals surface area contributed by atoms with Crippen LogP contribution in [0, 0.1) is 0 Å². The molecule has 0 saturated heterocycles. The predicted octanol–water partition coefficient (Wildman–Crippen LogP) is -0.677. The van der Waals surface area contributed by atoms with Gasteiger partial charge in [-0.3, -0.25) is 24.3 Å². The Morgan fingerprint density at radius 1 is 0.842 bits per heavy atom. The SMILES string of the molecule is O=C(O)CC[C@H](NC(=O)N[C@@H](CCCCNC(=O)CN(CC(=O)O)Cc1ccccn1)C(=O)O)C(=O)O.[Re]. The number of unbranched alkanes of at least 4 members (excludes halogenated alkanes) is 1. The molecule has 7 N–H and O–H groups in total. The number of aromatic nitrogens is 1. The molecule has 1 aromatic heterocycles. The first-order valence-electron chi connectivity index (χ1n) is 11.3.